The lowest BCUT2D eigenvalue weighted by molar-refractivity contribution is -0.271. The third kappa shape index (κ3) is 2.87. The number of hydrogen-bond acceptors (Lipinski definition) is 7. The molecular weight excluding hydrogens is 316 g/mol. The fraction of sp³-hybridized carbons (Fsp3) is 0.647. The summed E-state index contributed by atoms with van der Waals surface area (Å²) >= 11 is 0. The Hall–Kier alpha value is -1.70. The van der Waals surface area contributed by atoms with Crippen LogP contribution in [0.15, 0.2) is 24.3 Å². The maximum atomic E-state index is 12.0. The van der Waals surface area contributed by atoms with Gasteiger partial charge in [0, 0.05) is 18.9 Å². The average molecular weight is 338 g/mol. The molecule has 2 saturated heterocycles. The fourth-order valence-corrected chi connectivity index (χ4v) is 3.76. The minimum absolute atomic E-state index is 0.241. The molecule has 132 valence electrons. The van der Waals surface area contributed by atoms with Crippen LogP contribution in [-0.2, 0) is 28.7 Å². The van der Waals surface area contributed by atoms with Crippen molar-refractivity contribution >= 4 is 11.9 Å². The first-order valence-electron chi connectivity index (χ1n) is 7.99. The quantitative estimate of drug-likeness (QED) is 0.205. The maximum absolute atomic E-state index is 12.0. The second-order valence-corrected chi connectivity index (χ2v) is 6.92. The van der Waals surface area contributed by atoms with Crippen LogP contribution in [0.1, 0.15) is 33.1 Å². The normalized spacial score (nSPS) is 42.0. The van der Waals surface area contributed by atoms with Gasteiger partial charge in [0.1, 0.15) is 24.4 Å². The Kier molecular flexibility index (Phi) is 4.27. The van der Waals surface area contributed by atoms with Gasteiger partial charge in [-0.25, -0.2) is 9.68 Å². The summed E-state index contributed by atoms with van der Waals surface area (Å²) in [4.78, 5) is 28.1. The molecule has 3 rings (SSSR count). The second kappa shape index (κ2) is 5.98. The SMILES string of the molecule is C=C1C(=O)O[C@H]2[C@H]1[C@H](OC(C)=O)CC(=C)[C@H](OO)CC[C@]1(C)O[C@H]21. The van der Waals surface area contributed by atoms with Crippen molar-refractivity contribution < 1.29 is 33.9 Å². The van der Waals surface area contributed by atoms with E-state index >= 15 is 0 Å². The molecule has 0 unspecified atom stereocenters. The van der Waals surface area contributed by atoms with Gasteiger partial charge in [0.15, 0.2) is 0 Å². The van der Waals surface area contributed by atoms with Gasteiger partial charge in [-0.05, 0) is 25.3 Å². The molecule has 3 fully saturated rings. The minimum atomic E-state index is -0.678. The Balaban J connectivity index is 1.96. The number of carbonyl (C=O) groups is 2. The zero-order valence-corrected chi connectivity index (χ0v) is 13.8. The summed E-state index contributed by atoms with van der Waals surface area (Å²) in [7, 11) is 0. The molecule has 0 bridgehead atoms. The first kappa shape index (κ1) is 17.1. The number of esters is 2. The summed E-state index contributed by atoms with van der Waals surface area (Å²) in [6, 6.07) is 0. The lowest BCUT2D eigenvalue weighted by atomic mass is 9.80. The summed E-state index contributed by atoms with van der Waals surface area (Å²) < 4.78 is 16.7. The van der Waals surface area contributed by atoms with Crippen LogP contribution >= 0.6 is 0 Å². The van der Waals surface area contributed by atoms with Crippen molar-refractivity contribution in [3.8, 4) is 0 Å². The van der Waals surface area contributed by atoms with E-state index in [0.29, 0.717) is 18.4 Å². The second-order valence-electron chi connectivity index (χ2n) is 6.92. The number of carbonyl (C=O) groups excluding carboxylic acids is 2. The molecule has 0 radical (unpaired) electrons. The Morgan fingerprint density at radius 2 is 2.12 bits per heavy atom. The lowest BCUT2D eigenvalue weighted by Gasteiger charge is -2.30. The van der Waals surface area contributed by atoms with Crippen molar-refractivity contribution in [1.82, 2.24) is 0 Å². The molecule has 1 N–H and O–H groups in total. The molecular formula is C17H22O7. The Morgan fingerprint density at radius 1 is 1.42 bits per heavy atom. The van der Waals surface area contributed by atoms with Crippen LogP contribution in [0.3, 0.4) is 0 Å². The predicted molar refractivity (Wildman–Crippen MR) is 81.8 cm³/mol. The molecule has 1 saturated carbocycles. The van der Waals surface area contributed by atoms with Crippen molar-refractivity contribution in [3.05, 3.63) is 24.3 Å². The highest BCUT2D eigenvalue weighted by Gasteiger charge is 2.63. The number of ether oxygens (including phenoxy) is 3. The molecule has 6 atom stereocenters. The molecule has 7 nitrogen and oxygen atoms in total. The Morgan fingerprint density at radius 3 is 2.75 bits per heavy atom. The van der Waals surface area contributed by atoms with Crippen LogP contribution in [-0.4, -0.2) is 47.2 Å². The van der Waals surface area contributed by atoms with Crippen molar-refractivity contribution in [2.24, 2.45) is 5.92 Å². The summed E-state index contributed by atoms with van der Waals surface area (Å²) in [6.07, 6.45) is -0.746. The smallest absolute Gasteiger partial charge is 0.334 e. The average Bonchev–Trinajstić information content (AvgIpc) is 3.07. The summed E-state index contributed by atoms with van der Waals surface area (Å²) in [5, 5.41) is 9.17. The highest BCUT2D eigenvalue weighted by Crippen LogP contribution is 2.50. The first-order valence-corrected chi connectivity index (χ1v) is 7.99. The zero-order valence-electron chi connectivity index (χ0n) is 13.8. The molecule has 0 aromatic rings. The van der Waals surface area contributed by atoms with Gasteiger partial charge in [-0.3, -0.25) is 10.1 Å². The van der Waals surface area contributed by atoms with Gasteiger partial charge in [0.25, 0.3) is 0 Å². The summed E-state index contributed by atoms with van der Waals surface area (Å²) in [5.74, 6) is -1.49. The first-order chi connectivity index (χ1) is 11.3. The minimum Gasteiger partial charge on any atom is -0.461 e. The summed E-state index contributed by atoms with van der Waals surface area (Å²) in [5.41, 5.74) is 0.361. The Labute approximate surface area is 140 Å². The number of fused-ring (bicyclic) bond motifs is 3. The topological polar surface area (TPSA) is 94.6 Å². The molecule has 24 heavy (non-hydrogen) atoms. The molecule has 2 aliphatic heterocycles. The molecule has 0 aromatic heterocycles. The Bertz CT molecular complexity index is 598. The van der Waals surface area contributed by atoms with Gasteiger partial charge in [0.2, 0.25) is 0 Å². The molecule has 2 heterocycles. The molecule has 7 heteroatoms. The van der Waals surface area contributed by atoms with E-state index in [2.05, 4.69) is 18.0 Å². The lowest BCUT2D eigenvalue weighted by Crippen LogP contribution is -2.39. The maximum Gasteiger partial charge on any atom is 0.334 e. The van der Waals surface area contributed by atoms with Gasteiger partial charge in [0.05, 0.1) is 11.5 Å². The van der Waals surface area contributed by atoms with Crippen LogP contribution < -0.4 is 0 Å². The zero-order chi connectivity index (χ0) is 17.6. The van der Waals surface area contributed by atoms with Gasteiger partial charge >= 0.3 is 11.9 Å². The van der Waals surface area contributed by atoms with E-state index < -0.39 is 41.8 Å². The van der Waals surface area contributed by atoms with Crippen LogP contribution in [0.25, 0.3) is 0 Å². The van der Waals surface area contributed by atoms with Gasteiger partial charge < -0.3 is 14.2 Å². The third-order valence-electron chi connectivity index (χ3n) is 5.17. The number of hydrogen-bond donors (Lipinski definition) is 1. The van der Waals surface area contributed by atoms with Crippen LogP contribution in [0.5, 0.6) is 0 Å². The van der Waals surface area contributed by atoms with Crippen molar-refractivity contribution in [2.45, 2.75) is 63.1 Å². The van der Waals surface area contributed by atoms with Gasteiger partial charge in [-0.1, -0.05) is 13.2 Å². The van der Waals surface area contributed by atoms with Crippen LogP contribution in [0.4, 0.5) is 0 Å². The number of rotatable bonds is 2. The molecule has 0 spiro atoms. The molecule has 1 aliphatic carbocycles. The monoisotopic (exact) mass is 338 g/mol. The van der Waals surface area contributed by atoms with Crippen LogP contribution in [0.2, 0.25) is 0 Å². The standard InChI is InChI=1S/C17H22O7/c1-8-7-12(21-10(3)18)13-9(2)16(19)22-14(13)15-17(4,23-15)6-5-11(8)24-20/h11-15,20H,1-2,5-7H2,3-4H3/t11-,12-,13-,14+,15-,17+/m1/s1. The van der Waals surface area contributed by atoms with Gasteiger partial charge in [-0.2, -0.15) is 0 Å². The largest absolute Gasteiger partial charge is 0.461 e. The fourth-order valence-electron chi connectivity index (χ4n) is 3.76. The van der Waals surface area contributed by atoms with Crippen LogP contribution in [0, 0.1) is 5.92 Å². The molecule has 0 aromatic carbocycles. The van der Waals surface area contributed by atoms with E-state index in [1.54, 1.807) is 0 Å². The predicted octanol–water partition coefficient (Wildman–Crippen LogP) is 1.77. The highest BCUT2D eigenvalue weighted by molar-refractivity contribution is 5.91. The summed E-state index contributed by atoms with van der Waals surface area (Å²) in [6.45, 7) is 11.0. The van der Waals surface area contributed by atoms with E-state index in [-0.39, 0.29) is 18.1 Å². The molecule has 3 aliphatic rings. The van der Waals surface area contributed by atoms with E-state index in [1.165, 1.54) is 6.92 Å². The van der Waals surface area contributed by atoms with Crippen molar-refractivity contribution in [3.63, 3.8) is 0 Å². The highest BCUT2D eigenvalue weighted by atomic mass is 17.1. The van der Waals surface area contributed by atoms with E-state index in [4.69, 9.17) is 19.5 Å². The number of epoxide rings is 1. The van der Waals surface area contributed by atoms with E-state index in [0.717, 1.165) is 0 Å². The van der Waals surface area contributed by atoms with Crippen molar-refractivity contribution in [2.75, 3.05) is 0 Å². The van der Waals surface area contributed by atoms with E-state index in [9.17, 15) is 9.59 Å². The van der Waals surface area contributed by atoms with E-state index in [1.807, 2.05) is 6.92 Å². The molecule has 0 amide bonds. The third-order valence-corrected chi connectivity index (χ3v) is 5.17. The van der Waals surface area contributed by atoms with Crippen molar-refractivity contribution in [1.29, 1.82) is 0 Å². The van der Waals surface area contributed by atoms with Gasteiger partial charge in [-0.15, -0.1) is 0 Å².